The second kappa shape index (κ2) is 6.80. The molecule has 1 heterocycles. The van der Waals surface area contributed by atoms with Gasteiger partial charge in [-0.2, -0.15) is 4.98 Å². The van der Waals surface area contributed by atoms with Gasteiger partial charge in [0.15, 0.2) is 17.2 Å². The largest absolute Gasteiger partial charge is 0.493 e. The van der Waals surface area contributed by atoms with Gasteiger partial charge in [-0.1, -0.05) is 0 Å². The smallest absolute Gasteiger partial charge is 0.357 e. The zero-order valence-corrected chi connectivity index (χ0v) is 13.2. The average molecular weight is 350 g/mol. The third kappa shape index (κ3) is 3.70. The maximum Gasteiger partial charge on any atom is 0.357 e. The van der Waals surface area contributed by atoms with E-state index < -0.39 is 11.8 Å². The lowest BCUT2D eigenvalue weighted by molar-refractivity contribution is -0.125. The molecule has 3 rings (SSSR count). The van der Waals surface area contributed by atoms with Gasteiger partial charge in [0.25, 0.3) is 0 Å². The van der Waals surface area contributed by atoms with Gasteiger partial charge in [-0.05, 0) is 25.0 Å². The van der Waals surface area contributed by atoms with Gasteiger partial charge in [0, 0.05) is 12.0 Å². The van der Waals surface area contributed by atoms with E-state index in [1.54, 1.807) is 0 Å². The summed E-state index contributed by atoms with van der Waals surface area (Å²) in [6.07, 6.45) is 1.56. The molecule has 0 aliphatic heterocycles. The molecule has 0 atom stereocenters. The number of ether oxygens (including phenoxy) is 2. The van der Waals surface area contributed by atoms with E-state index in [2.05, 4.69) is 10.3 Å². The fraction of sp³-hybridized carbons (Fsp3) is 0.312. The Kier molecular flexibility index (Phi) is 4.55. The summed E-state index contributed by atoms with van der Waals surface area (Å²) >= 11 is 0. The topological polar surface area (TPSA) is 111 Å². The van der Waals surface area contributed by atoms with Crippen molar-refractivity contribution in [2.45, 2.75) is 18.9 Å². The van der Waals surface area contributed by atoms with Crippen LogP contribution in [0.25, 0.3) is 0 Å². The normalized spacial score (nSPS) is 19.0. The predicted molar refractivity (Wildman–Crippen MR) is 82.2 cm³/mol. The number of methoxy groups -OCH3 is 1. The Morgan fingerprint density at radius 2 is 2.12 bits per heavy atom. The van der Waals surface area contributed by atoms with Crippen molar-refractivity contribution in [1.82, 2.24) is 4.98 Å². The average Bonchev–Trinajstić information content (AvgIpc) is 2.99. The minimum absolute atomic E-state index is 0.168. The molecule has 132 valence electrons. The second-order valence-electron chi connectivity index (χ2n) is 5.54. The number of amides is 1. The number of hydrogen-bond acceptors (Lipinski definition) is 6. The van der Waals surface area contributed by atoms with Crippen LogP contribution in [0.4, 0.5) is 10.4 Å². The van der Waals surface area contributed by atoms with Crippen molar-refractivity contribution in [3.8, 4) is 11.5 Å². The summed E-state index contributed by atoms with van der Waals surface area (Å²) in [6, 6.07) is 3.80. The van der Waals surface area contributed by atoms with Crippen LogP contribution in [-0.2, 0) is 4.79 Å². The molecule has 0 radical (unpaired) electrons. The van der Waals surface area contributed by atoms with Crippen LogP contribution >= 0.6 is 0 Å². The zero-order chi connectivity index (χ0) is 18.0. The summed E-state index contributed by atoms with van der Waals surface area (Å²) in [5.74, 6) is -1.66. The quantitative estimate of drug-likeness (QED) is 0.822. The van der Waals surface area contributed by atoms with Crippen molar-refractivity contribution in [3.05, 3.63) is 36.0 Å². The summed E-state index contributed by atoms with van der Waals surface area (Å²) < 4.78 is 28.9. The van der Waals surface area contributed by atoms with E-state index >= 15 is 0 Å². The first-order valence-corrected chi connectivity index (χ1v) is 7.46. The minimum atomic E-state index is -1.25. The zero-order valence-electron chi connectivity index (χ0n) is 13.2. The van der Waals surface area contributed by atoms with Crippen LogP contribution < -0.4 is 14.8 Å². The van der Waals surface area contributed by atoms with Crippen molar-refractivity contribution in [2.75, 3.05) is 12.4 Å². The summed E-state index contributed by atoms with van der Waals surface area (Å²) in [5, 5.41) is 11.2. The predicted octanol–water partition coefficient (Wildman–Crippen LogP) is 2.32. The van der Waals surface area contributed by atoms with Crippen LogP contribution in [0.5, 0.6) is 11.5 Å². The minimum Gasteiger partial charge on any atom is -0.493 e. The van der Waals surface area contributed by atoms with Gasteiger partial charge in [-0.3, -0.25) is 10.1 Å². The van der Waals surface area contributed by atoms with E-state index in [4.69, 9.17) is 19.0 Å². The first-order valence-electron chi connectivity index (χ1n) is 7.46. The number of carbonyl (C=O) groups is 2. The number of halogens is 1. The maximum absolute atomic E-state index is 13.3. The number of benzene rings is 1. The van der Waals surface area contributed by atoms with Crippen LogP contribution in [0, 0.1) is 11.7 Å². The summed E-state index contributed by atoms with van der Waals surface area (Å²) in [4.78, 5) is 26.4. The highest BCUT2D eigenvalue weighted by atomic mass is 19.1. The molecule has 2 N–H and O–H groups in total. The number of oxazole rings is 1. The lowest BCUT2D eigenvalue weighted by atomic mass is 9.81. The van der Waals surface area contributed by atoms with Crippen molar-refractivity contribution in [2.24, 2.45) is 5.92 Å². The standard InChI is InChI=1S/C16H15FN2O6/c1-23-12-3-2-9(17)6-13(12)25-10-4-8(5-10)14(20)19-16-18-11(7-24-16)15(21)22/h2-3,6-8,10H,4-5H2,1H3,(H,21,22)(H,18,19,20)/t8-,10-. The Morgan fingerprint density at radius 1 is 1.36 bits per heavy atom. The second-order valence-corrected chi connectivity index (χ2v) is 5.54. The maximum atomic E-state index is 13.3. The Morgan fingerprint density at radius 3 is 2.76 bits per heavy atom. The van der Waals surface area contributed by atoms with E-state index in [0.29, 0.717) is 18.6 Å². The van der Waals surface area contributed by atoms with E-state index in [9.17, 15) is 14.0 Å². The van der Waals surface area contributed by atoms with Crippen molar-refractivity contribution >= 4 is 17.9 Å². The number of rotatable bonds is 6. The molecule has 1 aliphatic rings. The van der Waals surface area contributed by atoms with Crippen molar-refractivity contribution in [3.63, 3.8) is 0 Å². The van der Waals surface area contributed by atoms with Gasteiger partial charge < -0.3 is 19.0 Å². The molecule has 1 fully saturated rings. The fourth-order valence-electron chi connectivity index (χ4n) is 2.43. The molecule has 25 heavy (non-hydrogen) atoms. The highest BCUT2D eigenvalue weighted by molar-refractivity contribution is 5.92. The van der Waals surface area contributed by atoms with Crippen LogP contribution in [-0.4, -0.2) is 35.2 Å². The molecule has 0 saturated heterocycles. The van der Waals surface area contributed by atoms with Gasteiger partial charge in [-0.25, -0.2) is 9.18 Å². The van der Waals surface area contributed by atoms with Crippen LogP contribution in [0.1, 0.15) is 23.3 Å². The molecular weight excluding hydrogens is 335 g/mol. The Labute approximate surface area is 141 Å². The number of carboxylic acids is 1. The lowest BCUT2D eigenvalue weighted by Gasteiger charge is -2.34. The molecule has 8 nitrogen and oxygen atoms in total. The fourth-order valence-corrected chi connectivity index (χ4v) is 2.43. The number of carboxylic acid groups (broad SMARTS) is 1. The summed E-state index contributed by atoms with van der Waals surface area (Å²) in [7, 11) is 1.46. The molecule has 9 heteroatoms. The first kappa shape index (κ1) is 16.7. The van der Waals surface area contributed by atoms with Gasteiger partial charge in [0.05, 0.1) is 7.11 Å². The molecule has 1 aliphatic carbocycles. The van der Waals surface area contributed by atoms with Crippen LogP contribution in [0.3, 0.4) is 0 Å². The SMILES string of the molecule is COc1ccc(F)cc1O[C@H]1C[C@H](C(=O)Nc2nc(C(=O)O)co2)C1. The van der Waals surface area contributed by atoms with Gasteiger partial charge >= 0.3 is 12.0 Å². The number of aromatic carboxylic acids is 1. The lowest BCUT2D eigenvalue weighted by Crippen LogP contribution is -2.41. The number of anilines is 1. The number of nitrogens with zero attached hydrogens (tertiary/aromatic N) is 1. The third-order valence-corrected chi connectivity index (χ3v) is 3.84. The molecule has 0 unspecified atom stereocenters. The highest BCUT2D eigenvalue weighted by Crippen LogP contribution is 2.36. The molecule has 1 amide bonds. The molecule has 0 spiro atoms. The number of nitrogens with one attached hydrogen (secondary N) is 1. The Balaban J connectivity index is 1.52. The Hall–Kier alpha value is -3.10. The molecule has 1 aromatic carbocycles. The van der Waals surface area contributed by atoms with Crippen LogP contribution in [0.2, 0.25) is 0 Å². The summed E-state index contributed by atoms with van der Waals surface area (Å²) in [5.41, 5.74) is -0.289. The van der Waals surface area contributed by atoms with Gasteiger partial charge in [0.2, 0.25) is 5.91 Å². The van der Waals surface area contributed by atoms with Crippen molar-refractivity contribution < 1.29 is 33.0 Å². The summed E-state index contributed by atoms with van der Waals surface area (Å²) in [6.45, 7) is 0. The van der Waals surface area contributed by atoms with Crippen molar-refractivity contribution in [1.29, 1.82) is 0 Å². The number of carbonyl (C=O) groups excluding carboxylic acids is 1. The van der Waals surface area contributed by atoms with Gasteiger partial charge in [-0.15, -0.1) is 0 Å². The molecule has 2 aromatic rings. The molecule has 0 bridgehead atoms. The van der Waals surface area contributed by atoms with Gasteiger partial charge in [0.1, 0.15) is 18.2 Å². The molecular formula is C16H15FN2O6. The van der Waals surface area contributed by atoms with E-state index in [-0.39, 0.29) is 35.4 Å². The number of hydrogen-bond donors (Lipinski definition) is 2. The van der Waals surface area contributed by atoms with E-state index in [0.717, 1.165) is 6.26 Å². The molecule has 1 saturated carbocycles. The highest BCUT2D eigenvalue weighted by Gasteiger charge is 2.37. The third-order valence-electron chi connectivity index (χ3n) is 3.84. The number of aromatic nitrogens is 1. The first-order chi connectivity index (χ1) is 12.0. The van der Waals surface area contributed by atoms with E-state index in [1.165, 1.54) is 25.3 Å². The van der Waals surface area contributed by atoms with Crippen LogP contribution in [0.15, 0.2) is 28.9 Å². The van der Waals surface area contributed by atoms with E-state index in [1.807, 2.05) is 0 Å². The Bertz CT molecular complexity index is 800. The monoisotopic (exact) mass is 350 g/mol. The molecule has 1 aromatic heterocycles.